The second kappa shape index (κ2) is 7.64. The summed E-state index contributed by atoms with van der Waals surface area (Å²) in [5.74, 6) is -0.149. The smallest absolute Gasteiger partial charge is 0.249 e. The SMILES string of the molecule is COCC(=O)N1CCc2[nH]cnc2C12CCN(Cc1cc(C)ccc1F)CC2. The third kappa shape index (κ3) is 3.33. The van der Waals surface area contributed by atoms with Crippen molar-refractivity contribution < 1.29 is 13.9 Å². The number of methoxy groups -OCH3 is 1. The molecule has 0 unspecified atom stereocenters. The summed E-state index contributed by atoms with van der Waals surface area (Å²) >= 11 is 0. The Kier molecular flexibility index (Phi) is 5.21. The number of fused-ring (bicyclic) bond motifs is 2. The zero-order valence-electron chi connectivity index (χ0n) is 16.5. The van der Waals surface area contributed by atoms with Crippen LogP contribution in [0.5, 0.6) is 0 Å². The standard InChI is InChI=1S/C21H27FN4O2/c1-15-3-4-17(22)16(11-15)12-25-9-6-21(7-10-25)20-18(23-14-24-20)5-8-26(21)19(27)13-28-2/h3-4,11,14H,5-10,12-13H2,1-2H3,(H,23,24). The van der Waals surface area contributed by atoms with Gasteiger partial charge < -0.3 is 14.6 Å². The number of rotatable bonds is 4. The molecule has 1 amide bonds. The van der Waals surface area contributed by atoms with Gasteiger partial charge in [0.2, 0.25) is 5.91 Å². The molecular formula is C21H27FN4O2. The molecule has 0 radical (unpaired) electrons. The Hall–Kier alpha value is -2.25. The van der Waals surface area contributed by atoms with E-state index >= 15 is 0 Å². The minimum atomic E-state index is -0.398. The molecule has 0 atom stereocenters. The van der Waals surface area contributed by atoms with Crippen LogP contribution in [0, 0.1) is 12.7 Å². The molecule has 1 N–H and O–H groups in total. The summed E-state index contributed by atoms with van der Waals surface area (Å²) in [6.45, 7) is 4.90. The highest BCUT2D eigenvalue weighted by Crippen LogP contribution is 2.42. The first-order valence-corrected chi connectivity index (χ1v) is 9.83. The molecule has 0 bridgehead atoms. The van der Waals surface area contributed by atoms with Gasteiger partial charge in [0, 0.05) is 51.0 Å². The number of imidazole rings is 1. The van der Waals surface area contributed by atoms with E-state index < -0.39 is 5.54 Å². The van der Waals surface area contributed by atoms with Crippen LogP contribution in [0.2, 0.25) is 0 Å². The van der Waals surface area contributed by atoms with Crippen LogP contribution in [0.15, 0.2) is 24.5 Å². The molecule has 1 saturated heterocycles. The highest BCUT2D eigenvalue weighted by molar-refractivity contribution is 5.79. The van der Waals surface area contributed by atoms with Gasteiger partial charge in [0.05, 0.1) is 17.6 Å². The second-order valence-electron chi connectivity index (χ2n) is 7.86. The maximum Gasteiger partial charge on any atom is 0.249 e. The Morgan fingerprint density at radius 2 is 2.11 bits per heavy atom. The number of nitrogens with one attached hydrogen (secondary N) is 1. The minimum Gasteiger partial charge on any atom is -0.375 e. The number of nitrogens with zero attached hydrogens (tertiary/aromatic N) is 3. The van der Waals surface area contributed by atoms with Crippen molar-refractivity contribution in [3.05, 3.63) is 52.9 Å². The van der Waals surface area contributed by atoms with Crippen molar-refractivity contribution in [2.24, 2.45) is 0 Å². The van der Waals surface area contributed by atoms with Crippen LogP contribution in [0.25, 0.3) is 0 Å². The molecule has 7 heteroatoms. The number of hydrogen-bond acceptors (Lipinski definition) is 4. The summed E-state index contributed by atoms with van der Waals surface area (Å²) in [6.07, 6.45) is 4.08. The number of piperidine rings is 1. The molecule has 2 aliphatic rings. The van der Waals surface area contributed by atoms with Crippen LogP contribution in [-0.4, -0.2) is 59.0 Å². The van der Waals surface area contributed by atoms with Gasteiger partial charge in [0.15, 0.2) is 0 Å². The Balaban J connectivity index is 1.55. The number of aromatic nitrogens is 2. The predicted molar refractivity (Wildman–Crippen MR) is 103 cm³/mol. The van der Waals surface area contributed by atoms with Gasteiger partial charge in [-0.05, 0) is 25.8 Å². The van der Waals surface area contributed by atoms with Crippen molar-refractivity contribution in [2.45, 2.75) is 38.3 Å². The molecule has 0 saturated carbocycles. The van der Waals surface area contributed by atoms with Crippen LogP contribution in [-0.2, 0) is 28.0 Å². The highest BCUT2D eigenvalue weighted by atomic mass is 19.1. The second-order valence-corrected chi connectivity index (χ2v) is 7.86. The van der Waals surface area contributed by atoms with Gasteiger partial charge in [-0.25, -0.2) is 9.37 Å². The van der Waals surface area contributed by atoms with E-state index in [1.54, 1.807) is 25.6 Å². The molecule has 1 aromatic carbocycles. The molecule has 2 aromatic rings. The van der Waals surface area contributed by atoms with E-state index in [1.807, 2.05) is 17.9 Å². The molecule has 150 valence electrons. The van der Waals surface area contributed by atoms with E-state index in [0.717, 1.165) is 54.9 Å². The molecule has 1 fully saturated rings. The first-order chi connectivity index (χ1) is 13.5. The first kappa shape index (κ1) is 19.1. The zero-order chi connectivity index (χ0) is 19.7. The van der Waals surface area contributed by atoms with Crippen LogP contribution in [0.3, 0.4) is 0 Å². The van der Waals surface area contributed by atoms with E-state index in [9.17, 15) is 9.18 Å². The lowest BCUT2D eigenvalue weighted by Gasteiger charge is -2.50. The third-order valence-electron chi connectivity index (χ3n) is 6.11. The Morgan fingerprint density at radius 3 is 2.86 bits per heavy atom. The van der Waals surface area contributed by atoms with Gasteiger partial charge in [-0.15, -0.1) is 0 Å². The number of benzene rings is 1. The number of aryl methyl sites for hydroxylation is 1. The average Bonchev–Trinajstić information content (AvgIpc) is 3.17. The van der Waals surface area contributed by atoms with Crippen molar-refractivity contribution in [2.75, 3.05) is 33.4 Å². The summed E-state index contributed by atoms with van der Waals surface area (Å²) in [5.41, 5.74) is 3.51. The number of carbonyl (C=O) groups excluding carboxylic acids is 1. The van der Waals surface area contributed by atoms with Crippen molar-refractivity contribution in [1.82, 2.24) is 19.8 Å². The number of ether oxygens (including phenoxy) is 1. The molecule has 3 heterocycles. The molecule has 1 spiro atoms. The predicted octanol–water partition coefficient (Wildman–Crippen LogP) is 2.38. The molecule has 4 rings (SSSR count). The summed E-state index contributed by atoms with van der Waals surface area (Å²) in [6, 6.07) is 5.25. The van der Waals surface area contributed by atoms with Crippen molar-refractivity contribution in [3.8, 4) is 0 Å². The Labute approximate surface area is 164 Å². The topological polar surface area (TPSA) is 61.5 Å². The van der Waals surface area contributed by atoms with Gasteiger partial charge in [-0.3, -0.25) is 9.69 Å². The molecule has 1 aromatic heterocycles. The summed E-state index contributed by atoms with van der Waals surface area (Å²) in [5, 5.41) is 0. The molecular weight excluding hydrogens is 359 g/mol. The van der Waals surface area contributed by atoms with Gasteiger partial charge in [0.25, 0.3) is 0 Å². The first-order valence-electron chi connectivity index (χ1n) is 9.83. The number of carbonyl (C=O) groups is 1. The van der Waals surface area contributed by atoms with Gasteiger partial charge >= 0.3 is 0 Å². The molecule has 2 aliphatic heterocycles. The lowest BCUT2D eigenvalue weighted by molar-refractivity contribution is -0.146. The number of halogens is 1. The van der Waals surface area contributed by atoms with Crippen molar-refractivity contribution in [1.29, 1.82) is 0 Å². The summed E-state index contributed by atoms with van der Waals surface area (Å²) in [7, 11) is 1.55. The number of likely N-dealkylation sites (tertiary alicyclic amines) is 1. The Morgan fingerprint density at radius 1 is 1.32 bits per heavy atom. The van der Waals surface area contributed by atoms with Crippen molar-refractivity contribution in [3.63, 3.8) is 0 Å². The van der Waals surface area contributed by atoms with Gasteiger partial charge in [0.1, 0.15) is 12.4 Å². The largest absolute Gasteiger partial charge is 0.375 e. The quantitative estimate of drug-likeness (QED) is 0.877. The lowest BCUT2D eigenvalue weighted by Crippen LogP contribution is -2.58. The van der Waals surface area contributed by atoms with Crippen LogP contribution >= 0.6 is 0 Å². The van der Waals surface area contributed by atoms with Crippen LogP contribution < -0.4 is 0 Å². The van der Waals surface area contributed by atoms with Crippen LogP contribution in [0.4, 0.5) is 4.39 Å². The summed E-state index contributed by atoms with van der Waals surface area (Å²) < 4.78 is 19.3. The summed E-state index contributed by atoms with van der Waals surface area (Å²) in [4.78, 5) is 24.8. The van der Waals surface area contributed by atoms with Crippen LogP contribution in [0.1, 0.15) is 35.4 Å². The molecule has 28 heavy (non-hydrogen) atoms. The van der Waals surface area contributed by atoms with Gasteiger partial charge in [-0.1, -0.05) is 17.7 Å². The maximum atomic E-state index is 14.2. The average molecular weight is 386 g/mol. The fraction of sp³-hybridized carbons (Fsp3) is 0.524. The lowest BCUT2D eigenvalue weighted by atomic mass is 9.78. The molecule has 0 aliphatic carbocycles. The fourth-order valence-corrected chi connectivity index (χ4v) is 4.70. The minimum absolute atomic E-state index is 0.00864. The monoisotopic (exact) mass is 386 g/mol. The van der Waals surface area contributed by atoms with E-state index in [0.29, 0.717) is 13.1 Å². The van der Waals surface area contributed by atoms with Crippen molar-refractivity contribution >= 4 is 5.91 Å². The van der Waals surface area contributed by atoms with E-state index in [2.05, 4.69) is 14.9 Å². The van der Waals surface area contributed by atoms with E-state index in [1.165, 1.54) is 0 Å². The fourth-order valence-electron chi connectivity index (χ4n) is 4.70. The third-order valence-corrected chi connectivity index (χ3v) is 6.11. The van der Waals surface area contributed by atoms with E-state index in [4.69, 9.17) is 4.74 Å². The van der Waals surface area contributed by atoms with E-state index in [-0.39, 0.29) is 18.3 Å². The normalized spacial score (nSPS) is 19.0. The number of H-pyrrole nitrogens is 1. The van der Waals surface area contributed by atoms with Gasteiger partial charge in [-0.2, -0.15) is 0 Å². The number of amides is 1. The number of hydrogen-bond donors (Lipinski definition) is 1. The zero-order valence-corrected chi connectivity index (χ0v) is 16.5. The Bertz CT molecular complexity index is 858. The molecule has 6 nitrogen and oxygen atoms in total. The highest BCUT2D eigenvalue weighted by Gasteiger charge is 2.48. The number of aromatic amines is 1. The maximum absolute atomic E-state index is 14.2.